The molecular weight excluding hydrogens is 314 g/mol. The van der Waals surface area contributed by atoms with Gasteiger partial charge in [-0.05, 0) is 29.5 Å². The Morgan fingerprint density at radius 3 is 2.46 bits per heavy atom. The van der Waals surface area contributed by atoms with Gasteiger partial charge in [-0.25, -0.2) is 9.48 Å². The molecule has 1 aromatic carbocycles. The molecule has 24 heavy (non-hydrogen) atoms. The van der Waals surface area contributed by atoms with Crippen molar-refractivity contribution in [3.63, 3.8) is 0 Å². The summed E-state index contributed by atoms with van der Waals surface area (Å²) >= 11 is 0. The minimum atomic E-state index is -1.45. The zero-order chi connectivity index (χ0) is 17.9. The molecule has 0 radical (unpaired) electrons. The first kappa shape index (κ1) is 17.5. The average molecular weight is 333 g/mol. The van der Waals surface area contributed by atoms with Gasteiger partial charge in [0, 0.05) is 0 Å². The van der Waals surface area contributed by atoms with Crippen LogP contribution in [0, 0.1) is 10.1 Å². The van der Waals surface area contributed by atoms with E-state index in [0.29, 0.717) is 5.75 Å². The minimum Gasteiger partial charge on any atom is -0.476 e. The average Bonchev–Trinajstić information content (AvgIpc) is 2.98. The number of aromatic carboxylic acids is 1. The van der Waals surface area contributed by atoms with Crippen molar-refractivity contribution in [2.45, 2.75) is 39.3 Å². The lowest BCUT2D eigenvalue weighted by molar-refractivity contribution is -0.385. The maximum Gasteiger partial charge on any atom is 0.363 e. The van der Waals surface area contributed by atoms with Gasteiger partial charge in [-0.15, -0.1) is 0 Å². The standard InChI is InChI=1S/C16H19N3O5/c1-4-16(2,3)11-5-7-12(8-6-11)24-10-18-9-13(19(22)23)14(17-18)15(20)21/h5-9H,4,10H2,1-3H3,(H,20,21). The first-order chi connectivity index (χ1) is 11.2. The van der Waals surface area contributed by atoms with Gasteiger partial charge in [0.05, 0.1) is 4.92 Å². The topological polar surface area (TPSA) is 107 Å². The molecule has 0 bridgehead atoms. The number of ether oxygens (including phenoxy) is 1. The van der Waals surface area contributed by atoms with E-state index in [2.05, 4.69) is 25.9 Å². The molecule has 0 unspecified atom stereocenters. The number of benzene rings is 1. The third-order valence-electron chi connectivity index (χ3n) is 4.02. The number of nitrogens with zero attached hydrogens (tertiary/aromatic N) is 3. The molecule has 0 aliphatic heterocycles. The third-order valence-corrected chi connectivity index (χ3v) is 4.02. The van der Waals surface area contributed by atoms with Crippen LogP contribution in [0.2, 0.25) is 0 Å². The maximum atomic E-state index is 11.0. The van der Waals surface area contributed by atoms with Gasteiger partial charge < -0.3 is 9.84 Å². The maximum absolute atomic E-state index is 11.0. The molecule has 2 aromatic rings. The predicted octanol–water partition coefficient (Wildman–Crippen LogP) is 3.21. The SMILES string of the molecule is CCC(C)(C)c1ccc(OCn2cc([N+](=O)[O-])c(C(=O)O)n2)cc1. The monoisotopic (exact) mass is 333 g/mol. The Morgan fingerprint density at radius 2 is 2.00 bits per heavy atom. The van der Waals surface area contributed by atoms with Gasteiger partial charge >= 0.3 is 11.7 Å². The van der Waals surface area contributed by atoms with Gasteiger partial charge in [-0.3, -0.25) is 10.1 Å². The van der Waals surface area contributed by atoms with Crippen molar-refractivity contribution in [3.8, 4) is 5.75 Å². The molecule has 8 heteroatoms. The van der Waals surface area contributed by atoms with Crippen LogP contribution in [-0.4, -0.2) is 25.8 Å². The highest BCUT2D eigenvalue weighted by Crippen LogP contribution is 2.28. The smallest absolute Gasteiger partial charge is 0.363 e. The number of aromatic nitrogens is 2. The first-order valence-corrected chi connectivity index (χ1v) is 7.43. The van der Waals surface area contributed by atoms with E-state index < -0.39 is 22.3 Å². The largest absolute Gasteiger partial charge is 0.476 e. The van der Waals surface area contributed by atoms with Crippen LogP contribution >= 0.6 is 0 Å². The van der Waals surface area contributed by atoms with Gasteiger partial charge in [-0.1, -0.05) is 32.9 Å². The Balaban J connectivity index is 2.10. The Bertz CT molecular complexity index is 718. The highest BCUT2D eigenvalue weighted by Gasteiger charge is 2.25. The molecule has 0 spiro atoms. The fourth-order valence-electron chi connectivity index (χ4n) is 2.11. The second-order valence-corrected chi connectivity index (χ2v) is 6.00. The Labute approximate surface area is 138 Å². The van der Waals surface area contributed by atoms with Crippen LogP contribution < -0.4 is 4.74 Å². The van der Waals surface area contributed by atoms with Crippen LogP contribution in [-0.2, 0) is 12.1 Å². The van der Waals surface area contributed by atoms with Gasteiger partial charge in [-0.2, -0.15) is 5.10 Å². The lowest BCUT2D eigenvalue weighted by Crippen LogP contribution is -2.15. The molecule has 0 fully saturated rings. The minimum absolute atomic E-state index is 0.0670. The summed E-state index contributed by atoms with van der Waals surface area (Å²) in [6, 6.07) is 7.55. The molecule has 128 valence electrons. The van der Waals surface area contributed by atoms with E-state index >= 15 is 0 Å². The fraction of sp³-hybridized carbons (Fsp3) is 0.375. The molecule has 0 saturated carbocycles. The molecule has 8 nitrogen and oxygen atoms in total. The van der Waals surface area contributed by atoms with Crippen LogP contribution in [0.1, 0.15) is 43.2 Å². The highest BCUT2D eigenvalue weighted by atomic mass is 16.6. The summed E-state index contributed by atoms with van der Waals surface area (Å²) in [5.74, 6) is -0.882. The van der Waals surface area contributed by atoms with Crippen molar-refractivity contribution >= 4 is 11.7 Å². The molecule has 0 aliphatic rings. The van der Waals surface area contributed by atoms with Crippen LogP contribution in [0.15, 0.2) is 30.5 Å². The van der Waals surface area contributed by atoms with Gasteiger partial charge in [0.1, 0.15) is 11.9 Å². The van der Waals surface area contributed by atoms with E-state index in [0.717, 1.165) is 17.3 Å². The molecule has 2 rings (SSSR count). The van der Waals surface area contributed by atoms with Crippen molar-refractivity contribution in [3.05, 3.63) is 51.8 Å². The number of hydrogen-bond donors (Lipinski definition) is 1. The van der Waals surface area contributed by atoms with Crippen molar-refractivity contribution in [1.29, 1.82) is 0 Å². The highest BCUT2D eigenvalue weighted by molar-refractivity contribution is 5.89. The quantitative estimate of drug-likeness (QED) is 0.616. The summed E-state index contributed by atoms with van der Waals surface area (Å²) in [5, 5.41) is 23.4. The first-order valence-electron chi connectivity index (χ1n) is 7.43. The number of hydrogen-bond acceptors (Lipinski definition) is 5. The number of carboxylic acids is 1. The van der Waals surface area contributed by atoms with E-state index in [4.69, 9.17) is 9.84 Å². The van der Waals surface area contributed by atoms with Crippen molar-refractivity contribution in [1.82, 2.24) is 9.78 Å². The lowest BCUT2D eigenvalue weighted by atomic mass is 9.82. The van der Waals surface area contributed by atoms with E-state index in [1.54, 1.807) is 0 Å². The normalized spacial score (nSPS) is 11.3. The van der Waals surface area contributed by atoms with E-state index in [-0.39, 0.29) is 12.1 Å². The lowest BCUT2D eigenvalue weighted by Gasteiger charge is -2.23. The summed E-state index contributed by atoms with van der Waals surface area (Å²) in [6.07, 6.45) is 2.04. The molecular formula is C16H19N3O5. The number of rotatable bonds is 7. The molecule has 1 N–H and O–H groups in total. The molecule has 0 saturated heterocycles. The zero-order valence-corrected chi connectivity index (χ0v) is 13.7. The summed E-state index contributed by atoms with van der Waals surface area (Å²) in [4.78, 5) is 21.0. The fourth-order valence-corrected chi connectivity index (χ4v) is 2.11. The van der Waals surface area contributed by atoms with Crippen molar-refractivity contribution in [2.75, 3.05) is 0 Å². The summed E-state index contributed by atoms with van der Waals surface area (Å²) in [5.41, 5.74) is 0.0763. The van der Waals surface area contributed by atoms with E-state index in [1.165, 1.54) is 5.56 Å². The summed E-state index contributed by atoms with van der Waals surface area (Å²) < 4.78 is 6.59. The van der Waals surface area contributed by atoms with E-state index in [1.807, 2.05) is 24.3 Å². The molecule has 1 heterocycles. The second kappa shape index (κ2) is 6.69. The Morgan fingerprint density at radius 1 is 1.38 bits per heavy atom. The van der Waals surface area contributed by atoms with Crippen LogP contribution in [0.3, 0.4) is 0 Å². The molecule has 0 aliphatic carbocycles. The summed E-state index contributed by atoms with van der Waals surface area (Å²) in [7, 11) is 0. The van der Waals surface area contributed by atoms with Crippen molar-refractivity contribution < 1.29 is 19.6 Å². The van der Waals surface area contributed by atoms with Gasteiger partial charge in [0.25, 0.3) is 0 Å². The predicted molar refractivity (Wildman–Crippen MR) is 86.2 cm³/mol. The Kier molecular flexibility index (Phi) is 4.87. The zero-order valence-electron chi connectivity index (χ0n) is 13.7. The number of carbonyl (C=O) groups is 1. The third kappa shape index (κ3) is 3.70. The molecule has 0 atom stereocenters. The number of nitro groups is 1. The van der Waals surface area contributed by atoms with Gasteiger partial charge in [0.2, 0.25) is 5.69 Å². The Hall–Kier alpha value is -2.90. The summed E-state index contributed by atoms with van der Waals surface area (Å²) in [6.45, 7) is 6.30. The number of carboxylic acid groups (broad SMARTS) is 1. The van der Waals surface area contributed by atoms with Crippen molar-refractivity contribution in [2.24, 2.45) is 0 Å². The van der Waals surface area contributed by atoms with Crippen LogP contribution in [0.25, 0.3) is 0 Å². The van der Waals surface area contributed by atoms with E-state index in [9.17, 15) is 14.9 Å². The molecule has 0 amide bonds. The molecule has 1 aromatic heterocycles. The van der Waals surface area contributed by atoms with Crippen LogP contribution in [0.5, 0.6) is 5.75 Å². The van der Waals surface area contributed by atoms with Gasteiger partial charge in [0.15, 0.2) is 6.73 Å². The van der Waals surface area contributed by atoms with Crippen LogP contribution in [0.4, 0.5) is 5.69 Å². The second-order valence-electron chi connectivity index (χ2n) is 6.00.